The summed E-state index contributed by atoms with van der Waals surface area (Å²) in [6.45, 7) is 4.49. The highest BCUT2D eigenvalue weighted by molar-refractivity contribution is 5.84. The van der Waals surface area contributed by atoms with Crippen LogP contribution in [0.2, 0.25) is 0 Å². The van der Waals surface area contributed by atoms with Crippen molar-refractivity contribution in [2.75, 3.05) is 20.8 Å². The fourth-order valence-electron chi connectivity index (χ4n) is 4.52. The van der Waals surface area contributed by atoms with E-state index in [9.17, 15) is 19.2 Å². The Hall–Kier alpha value is -2.65. The van der Waals surface area contributed by atoms with Crippen molar-refractivity contribution >= 4 is 29.6 Å². The monoisotopic (exact) mass is 485 g/mol. The fourth-order valence-corrected chi connectivity index (χ4v) is 4.52. The summed E-state index contributed by atoms with van der Waals surface area (Å²) in [5.74, 6) is -1.70. The smallest absolute Gasteiger partial charge is 0.305 e. The van der Waals surface area contributed by atoms with E-state index >= 15 is 0 Å². The van der Waals surface area contributed by atoms with E-state index in [1.165, 1.54) is 35.0 Å². The van der Waals surface area contributed by atoms with Crippen molar-refractivity contribution in [1.82, 2.24) is 0 Å². The Balaban J connectivity index is 2.82. The number of hydrogen-bond acceptors (Lipinski definition) is 10. The molecule has 0 aromatic carbocycles. The van der Waals surface area contributed by atoms with Gasteiger partial charge >= 0.3 is 23.9 Å². The first-order valence-electron chi connectivity index (χ1n) is 11.8. The summed E-state index contributed by atoms with van der Waals surface area (Å²) in [5, 5.41) is 4.16. The first-order chi connectivity index (χ1) is 16.2. The Kier molecular flexibility index (Phi) is 13.9. The van der Waals surface area contributed by atoms with Crippen LogP contribution in [0.15, 0.2) is 5.16 Å². The molecule has 0 bridgehead atoms. The van der Waals surface area contributed by atoms with E-state index in [1.54, 1.807) is 0 Å². The highest BCUT2D eigenvalue weighted by Crippen LogP contribution is 2.42. The van der Waals surface area contributed by atoms with Gasteiger partial charge in [-0.05, 0) is 44.9 Å². The molecule has 34 heavy (non-hydrogen) atoms. The minimum atomic E-state index is -0.444. The van der Waals surface area contributed by atoms with Gasteiger partial charge in [-0.3, -0.25) is 19.2 Å². The van der Waals surface area contributed by atoms with Crippen LogP contribution in [0.1, 0.15) is 78.6 Å². The summed E-state index contributed by atoms with van der Waals surface area (Å²) >= 11 is 0. The lowest BCUT2D eigenvalue weighted by molar-refractivity contribution is -0.149. The van der Waals surface area contributed by atoms with Gasteiger partial charge in [0.15, 0.2) is 0 Å². The van der Waals surface area contributed by atoms with Gasteiger partial charge < -0.3 is 23.8 Å². The zero-order chi connectivity index (χ0) is 25.5. The van der Waals surface area contributed by atoms with Crippen molar-refractivity contribution < 1.29 is 43.0 Å². The Labute approximate surface area is 201 Å². The lowest BCUT2D eigenvalue weighted by Gasteiger charge is -2.26. The fraction of sp³-hybridized carbons (Fsp3) is 0.792. The van der Waals surface area contributed by atoms with Crippen LogP contribution < -0.4 is 0 Å². The Morgan fingerprint density at radius 2 is 1.35 bits per heavy atom. The second-order valence-corrected chi connectivity index (χ2v) is 8.50. The van der Waals surface area contributed by atoms with Gasteiger partial charge in [0.25, 0.3) is 0 Å². The lowest BCUT2D eigenvalue weighted by atomic mass is 9.85. The predicted molar refractivity (Wildman–Crippen MR) is 123 cm³/mol. The van der Waals surface area contributed by atoms with Crippen LogP contribution in [0.25, 0.3) is 0 Å². The van der Waals surface area contributed by atoms with Crippen LogP contribution in [0, 0.1) is 11.8 Å². The van der Waals surface area contributed by atoms with E-state index in [2.05, 4.69) is 5.16 Å². The molecule has 10 nitrogen and oxygen atoms in total. The van der Waals surface area contributed by atoms with E-state index in [-0.39, 0.29) is 30.2 Å². The molecule has 1 aliphatic carbocycles. The van der Waals surface area contributed by atoms with Gasteiger partial charge in [0, 0.05) is 45.4 Å². The second kappa shape index (κ2) is 16.1. The predicted octanol–water partition coefficient (Wildman–Crippen LogP) is 3.35. The maximum absolute atomic E-state index is 11.8. The van der Waals surface area contributed by atoms with Crippen molar-refractivity contribution in [2.24, 2.45) is 17.0 Å². The Morgan fingerprint density at radius 1 is 0.765 bits per heavy atom. The molecule has 0 saturated heterocycles. The molecule has 1 fully saturated rings. The Morgan fingerprint density at radius 3 is 1.85 bits per heavy atom. The van der Waals surface area contributed by atoms with Crippen LogP contribution in [0.3, 0.4) is 0 Å². The van der Waals surface area contributed by atoms with Crippen molar-refractivity contribution in [3.05, 3.63) is 0 Å². The molecule has 194 valence electrons. The zero-order valence-electron chi connectivity index (χ0n) is 21.0. The summed E-state index contributed by atoms with van der Waals surface area (Å²) in [6.07, 6.45) is 4.66. The third-order valence-electron chi connectivity index (χ3n) is 5.92. The number of nitrogens with zero attached hydrogens (tertiary/aromatic N) is 1. The topological polar surface area (TPSA) is 127 Å². The maximum atomic E-state index is 11.8. The van der Waals surface area contributed by atoms with Gasteiger partial charge in [0.05, 0.1) is 19.4 Å². The molecule has 0 N–H and O–H groups in total. The van der Waals surface area contributed by atoms with Crippen LogP contribution in [0.5, 0.6) is 0 Å². The molecule has 1 saturated carbocycles. The minimum Gasteiger partial charge on any atom is -0.469 e. The van der Waals surface area contributed by atoms with Crippen molar-refractivity contribution in [2.45, 2.75) is 90.8 Å². The molecule has 4 unspecified atom stereocenters. The third kappa shape index (κ3) is 11.5. The van der Waals surface area contributed by atoms with E-state index in [1.807, 2.05) is 0 Å². The number of oxime groups is 1. The van der Waals surface area contributed by atoms with Crippen molar-refractivity contribution in [3.63, 3.8) is 0 Å². The largest absolute Gasteiger partial charge is 0.469 e. The molecule has 0 aromatic rings. The number of unbranched alkanes of at least 4 members (excludes halogenated alkanes) is 2. The standard InChI is InChI=1S/C24H39NO9/c1-16(26)32-14-8-6-7-9-19(25-31-5)10-11-20-21(12-13-24(29)30-4)23(34-18(3)28)15-22(20)33-17(2)27/h20-23H,6-15H2,1-5H3/b25-19-. The minimum absolute atomic E-state index is 0.107. The zero-order valence-corrected chi connectivity index (χ0v) is 21.0. The van der Waals surface area contributed by atoms with Crippen LogP contribution in [0.4, 0.5) is 0 Å². The highest BCUT2D eigenvalue weighted by atomic mass is 16.6. The van der Waals surface area contributed by atoms with E-state index < -0.39 is 24.1 Å². The quantitative estimate of drug-likeness (QED) is 0.113. The number of methoxy groups -OCH3 is 1. The van der Waals surface area contributed by atoms with Gasteiger partial charge in [-0.25, -0.2) is 0 Å². The lowest BCUT2D eigenvalue weighted by Crippen LogP contribution is -2.28. The molecule has 0 radical (unpaired) electrons. The average molecular weight is 486 g/mol. The van der Waals surface area contributed by atoms with E-state index in [0.717, 1.165) is 31.4 Å². The molecule has 0 amide bonds. The molecular formula is C24H39NO9. The summed E-state index contributed by atoms with van der Waals surface area (Å²) in [6, 6.07) is 0. The summed E-state index contributed by atoms with van der Waals surface area (Å²) in [5.41, 5.74) is 0.874. The van der Waals surface area contributed by atoms with Crippen molar-refractivity contribution in [3.8, 4) is 0 Å². The Bertz CT molecular complexity index is 707. The molecule has 1 rings (SSSR count). The molecule has 4 atom stereocenters. The van der Waals surface area contributed by atoms with Crippen LogP contribution in [-0.2, 0) is 43.0 Å². The molecule has 0 aliphatic heterocycles. The molecule has 0 spiro atoms. The molecule has 1 aliphatic rings. The van der Waals surface area contributed by atoms with Crippen LogP contribution >= 0.6 is 0 Å². The summed E-state index contributed by atoms with van der Waals surface area (Å²) < 4.78 is 20.8. The number of ether oxygens (including phenoxy) is 4. The van der Waals surface area contributed by atoms with Crippen LogP contribution in [-0.4, -0.2) is 62.6 Å². The molecule has 0 aromatic heterocycles. The first-order valence-corrected chi connectivity index (χ1v) is 11.8. The van der Waals surface area contributed by atoms with E-state index in [4.69, 9.17) is 23.8 Å². The number of esters is 4. The average Bonchev–Trinajstić information content (AvgIpc) is 3.06. The normalized spacial score (nSPS) is 22.1. The van der Waals surface area contributed by atoms with Gasteiger partial charge in [-0.2, -0.15) is 0 Å². The van der Waals surface area contributed by atoms with Gasteiger partial charge in [0.1, 0.15) is 19.3 Å². The van der Waals surface area contributed by atoms with Gasteiger partial charge in [0.2, 0.25) is 0 Å². The molecule has 0 heterocycles. The number of rotatable bonds is 15. The third-order valence-corrected chi connectivity index (χ3v) is 5.92. The molecular weight excluding hydrogens is 446 g/mol. The highest BCUT2D eigenvalue weighted by Gasteiger charge is 2.46. The summed E-state index contributed by atoms with van der Waals surface area (Å²) in [4.78, 5) is 51.0. The van der Waals surface area contributed by atoms with E-state index in [0.29, 0.717) is 32.3 Å². The second-order valence-electron chi connectivity index (χ2n) is 8.50. The maximum Gasteiger partial charge on any atom is 0.305 e. The molecule has 10 heteroatoms. The number of carbonyl (C=O) groups is 4. The number of hydrogen-bond donors (Lipinski definition) is 0. The SMILES string of the molecule is CO/N=C(/CCCCCOC(C)=O)CCC1C(OC(C)=O)CC(OC(C)=O)C1CCC(=O)OC. The number of carbonyl (C=O) groups excluding carboxylic acids is 4. The first kappa shape index (κ1) is 29.4. The van der Waals surface area contributed by atoms with Gasteiger partial charge in [-0.15, -0.1) is 0 Å². The summed E-state index contributed by atoms with van der Waals surface area (Å²) in [7, 11) is 2.83. The van der Waals surface area contributed by atoms with Crippen molar-refractivity contribution in [1.29, 1.82) is 0 Å². The van der Waals surface area contributed by atoms with Gasteiger partial charge in [-0.1, -0.05) is 5.16 Å².